The summed E-state index contributed by atoms with van der Waals surface area (Å²) in [6.07, 6.45) is 5.14. The van der Waals surface area contributed by atoms with Gasteiger partial charge in [0.15, 0.2) is 0 Å². The van der Waals surface area contributed by atoms with Crippen LogP contribution in [0.4, 0.5) is 0 Å². The van der Waals surface area contributed by atoms with Crippen LogP contribution in [0.15, 0.2) is 89.5 Å². The second kappa shape index (κ2) is 6.25. The maximum atomic E-state index is 4.64. The number of hydrogen-bond donors (Lipinski definition) is 0. The van der Waals surface area contributed by atoms with E-state index >= 15 is 0 Å². The molecule has 0 saturated carbocycles. The quantitative estimate of drug-likeness (QED) is 0.413. The fraction of sp³-hybridized carbons (Fsp3) is 0.0417. The van der Waals surface area contributed by atoms with Crippen molar-refractivity contribution >= 4 is 32.8 Å². The van der Waals surface area contributed by atoms with Crippen molar-refractivity contribution in [3.8, 4) is 0 Å². The molecule has 1 heterocycles. The molecule has 0 amide bonds. The second-order valence-corrected chi connectivity index (χ2v) is 7.17. The molecule has 1 aliphatic carbocycles. The Labute approximate surface area is 161 Å². The predicted octanol–water partition coefficient (Wildman–Crippen LogP) is 6.13. The summed E-state index contributed by atoms with van der Waals surface area (Å²) in [7, 11) is 0. The summed E-state index contributed by atoms with van der Waals surface area (Å²) < 4.78 is 1.24. The Kier molecular flexibility index (Phi) is 3.75. The molecule has 0 saturated heterocycles. The first-order valence-electron chi connectivity index (χ1n) is 8.76. The summed E-state index contributed by atoms with van der Waals surface area (Å²) in [4.78, 5) is 4.64. The number of allylic oxidation sites excluding steroid dienone is 4. The van der Waals surface area contributed by atoms with Crippen molar-refractivity contribution in [2.45, 2.75) is 6.42 Å². The van der Waals surface area contributed by atoms with Gasteiger partial charge in [0.1, 0.15) is 0 Å². The predicted molar refractivity (Wildman–Crippen MR) is 105 cm³/mol. The van der Waals surface area contributed by atoms with Gasteiger partial charge in [-0.3, -0.25) is 0 Å². The molecule has 0 N–H and O–H groups in total. The van der Waals surface area contributed by atoms with Crippen LogP contribution < -0.4 is 0 Å². The first-order valence-corrected chi connectivity index (χ1v) is 9.39. The van der Waals surface area contributed by atoms with E-state index in [0.29, 0.717) is 0 Å². The van der Waals surface area contributed by atoms with Crippen molar-refractivity contribution in [3.63, 3.8) is 0 Å². The molecule has 1 aliphatic rings. The molecule has 0 bridgehead atoms. The number of rotatable bonds is 2. The molecule has 0 spiro atoms. The van der Waals surface area contributed by atoms with E-state index < -0.39 is 0 Å². The van der Waals surface area contributed by atoms with E-state index in [1.807, 2.05) is 12.3 Å². The van der Waals surface area contributed by atoms with Gasteiger partial charge in [-0.15, -0.1) is 0 Å². The Morgan fingerprint density at radius 1 is 0.731 bits per heavy atom. The molecule has 2 heteroatoms. The first kappa shape index (κ1) is 15.6. The Balaban J connectivity index is 1.69. The van der Waals surface area contributed by atoms with Crippen molar-refractivity contribution in [1.82, 2.24) is 4.98 Å². The zero-order chi connectivity index (χ0) is 17.5. The molecule has 5 rings (SSSR count). The van der Waals surface area contributed by atoms with Crippen LogP contribution in [-0.4, -0.2) is 4.98 Å². The summed E-state index contributed by atoms with van der Waals surface area (Å²) in [5.74, 6) is 0. The van der Waals surface area contributed by atoms with Gasteiger partial charge in [-0.25, -0.2) is 0 Å². The third-order valence-corrected chi connectivity index (χ3v) is 5.79. The van der Waals surface area contributed by atoms with E-state index in [2.05, 4.69) is 94.1 Å². The van der Waals surface area contributed by atoms with Crippen LogP contribution in [0.3, 0.4) is 0 Å². The Morgan fingerprint density at radius 3 is 2.38 bits per heavy atom. The fourth-order valence-corrected chi connectivity index (χ4v) is 4.43. The molecular weight excluding hydrogens is 354 g/mol. The number of para-hydroxylation sites is 1. The van der Waals surface area contributed by atoms with Crippen molar-refractivity contribution < 1.29 is 16.3 Å². The molecule has 3 aromatic carbocycles. The monoisotopic (exact) mass is 370 g/mol. The summed E-state index contributed by atoms with van der Waals surface area (Å²) in [5, 5.41) is 3.76. The molecule has 0 unspecified atom stereocenters. The third-order valence-electron chi connectivity index (χ3n) is 5.07. The zero-order valence-electron chi connectivity index (χ0n) is 14.1. The van der Waals surface area contributed by atoms with E-state index in [1.165, 1.54) is 42.9 Å². The van der Waals surface area contributed by atoms with Gasteiger partial charge in [-0.05, 0) is 0 Å². The van der Waals surface area contributed by atoms with Crippen LogP contribution in [-0.2, 0) is 16.3 Å². The van der Waals surface area contributed by atoms with Gasteiger partial charge in [0.2, 0.25) is 0 Å². The second-order valence-electron chi connectivity index (χ2n) is 6.54. The fourth-order valence-electron chi connectivity index (χ4n) is 3.82. The van der Waals surface area contributed by atoms with Crippen LogP contribution in [0, 0.1) is 0 Å². The van der Waals surface area contributed by atoms with Crippen LogP contribution in [0.2, 0.25) is 0 Å². The summed E-state index contributed by atoms with van der Waals surface area (Å²) >= 11 is 3.35. The minimum absolute atomic E-state index is 0.927. The van der Waals surface area contributed by atoms with E-state index in [0.717, 1.165) is 11.9 Å². The molecule has 26 heavy (non-hydrogen) atoms. The molecule has 0 atom stereocenters. The minimum atomic E-state index is 0.927. The van der Waals surface area contributed by atoms with Gasteiger partial charge in [-0.1, -0.05) is 0 Å². The van der Waals surface area contributed by atoms with Crippen molar-refractivity contribution in [3.05, 3.63) is 101 Å². The number of hydrogen-bond acceptors (Lipinski definition) is 1. The van der Waals surface area contributed by atoms with Crippen LogP contribution in [0.1, 0.15) is 17.5 Å². The van der Waals surface area contributed by atoms with Crippen LogP contribution in [0.5, 0.6) is 0 Å². The molecule has 4 aromatic rings. The number of benzene rings is 3. The summed E-state index contributed by atoms with van der Waals surface area (Å²) in [6, 6.07) is 25.7. The normalized spacial score (nSPS) is 14.2. The van der Waals surface area contributed by atoms with Gasteiger partial charge in [0.05, 0.1) is 0 Å². The average Bonchev–Trinajstić information content (AvgIpc) is 3.08. The number of nitrogens with zero attached hydrogens (tertiary/aromatic N) is 1. The SMILES string of the molecule is [Cr][C]1=C(c2cccc3cccnc23)CC=C1c1cccc2ccccc12. The van der Waals surface area contributed by atoms with E-state index in [1.54, 1.807) is 0 Å². The van der Waals surface area contributed by atoms with Crippen LogP contribution >= 0.6 is 0 Å². The van der Waals surface area contributed by atoms with Gasteiger partial charge >= 0.3 is 161 Å². The number of fused-ring (bicyclic) bond motifs is 2. The first-order chi connectivity index (χ1) is 12.8. The summed E-state index contributed by atoms with van der Waals surface area (Å²) in [6.45, 7) is 0. The molecule has 123 valence electrons. The Bertz CT molecular complexity index is 1120. The average molecular weight is 370 g/mol. The van der Waals surface area contributed by atoms with Gasteiger partial charge in [0, 0.05) is 0 Å². The van der Waals surface area contributed by atoms with Gasteiger partial charge < -0.3 is 0 Å². The van der Waals surface area contributed by atoms with Crippen molar-refractivity contribution in [2.24, 2.45) is 0 Å². The van der Waals surface area contributed by atoms with Crippen molar-refractivity contribution in [2.75, 3.05) is 0 Å². The Morgan fingerprint density at radius 2 is 1.46 bits per heavy atom. The maximum absolute atomic E-state index is 4.64. The molecule has 1 aromatic heterocycles. The number of aromatic nitrogens is 1. The molecule has 0 aliphatic heterocycles. The van der Waals surface area contributed by atoms with E-state index in [9.17, 15) is 0 Å². The molecule has 0 radical (unpaired) electrons. The van der Waals surface area contributed by atoms with Gasteiger partial charge in [-0.2, -0.15) is 0 Å². The topological polar surface area (TPSA) is 12.9 Å². The number of pyridine rings is 1. The van der Waals surface area contributed by atoms with Gasteiger partial charge in [0.25, 0.3) is 0 Å². The van der Waals surface area contributed by atoms with Crippen molar-refractivity contribution in [1.29, 1.82) is 0 Å². The molecule has 1 nitrogen and oxygen atoms in total. The van der Waals surface area contributed by atoms with E-state index in [4.69, 9.17) is 0 Å². The standard InChI is InChI=1S/C24H16N.Cr/c1-2-10-21-17(6-1)7-3-11-22(21)19-13-14-20(16-19)23-12-4-8-18-9-5-15-25-24(18)23;/h1-13,15H,14H2;. The summed E-state index contributed by atoms with van der Waals surface area (Å²) in [5.41, 5.74) is 6.22. The Hall–Kier alpha value is -2.66. The van der Waals surface area contributed by atoms with Crippen LogP contribution in [0.25, 0.3) is 32.8 Å². The zero-order valence-corrected chi connectivity index (χ0v) is 15.4. The molecular formula is C24H16CrN. The van der Waals surface area contributed by atoms with E-state index in [-0.39, 0.29) is 0 Å². The third kappa shape index (κ3) is 2.43. The molecule has 0 fully saturated rings.